The van der Waals surface area contributed by atoms with Crippen LogP contribution >= 0.6 is 12.6 Å². The number of rotatable bonds is 3. The Morgan fingerprint density at radius 2 is 2.06 bits per heavy atom. The summed E-state index contributed by atoms with van der Waals surface area (Å²) in [5.41, 5.74) is 1.99. The summed E-state index contributed by atoms with van der Waals surface area (Å²) < 4.78 is 1.83. The number of benzene rings is 1. The van der Waals surface area contributed by atoms with Crippen LogP contribution in [0.15, 0.2) is 35.1 Å². The lowest BCUT2D eigenvalue weighted by molar-refractivity contribution is 0.748. The Bertz CT molecular complexity index is 559. The highest BCUT2D eigenvalue weighted by Crippen LogP contribution is 2.13. The van der Waals surface area contributed by atoms with Gasteiger partial charge in [0.25, 0.3) is 5.56 Å². The first-order valence-electron chi connectivity index (χ1n) is 5.50. The van der Waals surface area contributed by atoms with E-state index in [0.29, 0.717) is 12.3 Å². The molecule has 0 atom stereocenters. The predicted molar refractivity (Wildman–Crippen MR) is 71.4 cm³/mol. The van der Waals surface area contributed by atoms with Crippen molar-refractivity contribution in [3.8, 4) is 0 Å². The maximum atomic E-state index is 12.1. The Hall–Kier alpha value is -1.22. The first-order chi connectivity index (χ1) is 7.77. The molecule has 0 aliphatic rings. The molecule has 0 fully saturated rings. The van der Waals surface area contributed by atoms with Gasteiger partial charge in [0.1, 0.15) is 0 Å². The molecule has 2 aromatic rings. The van der Waals surface area contributed by atoms with E-state index in [2.05, 4.69) is 12.6 Å². The fourth-order valence-electron chi connectivity index (χ4n) is 2.00. The molecule has 1 heterocycles. The lowest BCUT2D eigenvalue weighted by atomic mass is 10.1. The molecule has 1 aromatic heterocycles. The van der Waals surface area contributed by atoms with E-state index in [0.717, 1.165) is 22.9 Å². The molecule has 0 saturated heterocycles. The summed E-state index contributed by atoms with van der Waals surface area (Å²) in [4.78, 5) is 12.1. The van der Waals surface area contributed by atoms with Crippen LogP contribution in [-0.2, 0) is 13.0 Å². The minimum absolute atomic E-state index is 0.121. The normalized spacial score (nSPS) is 10.9. The summed E-state index contributed by atoms with van der Waals surface area (Å²) in [6.45, 7) is 2.71. The van der Waals surface area contributed by atoms with Crippen LogP contribution in [0.25, 0.3) is 10.9 Å². The second-order valence-electron chi connectivity index (χ2n) is 3.75. The molecule has 0 aliphatic carbocycles. The fourth-order valence-corrected chi connectivity index (χ4v) is 2.24. The number of hydrogen-bond donors (Lipinski definition) is 1. The monoisotopic (exact) mass is 233 g/mol. The molecule has 2 nitrogen and oxygen atoms in total. The van der Waals surface area contributed by atoms with E-state index in [1.165, 1.54) is 0 Å². The van der Waals surface area contributed by atoms with Gasteiger partial charge in [-0.15, -0.1) is 0 Å². The van der Waals surface area contributed by atoms with E-state index in [1.54, 1.807) is 0 Å². The third-order valence-electron chi connectivity index (χ3n) is 2.77. The smallest absolute Gasteiger partial charge is 0.254 e. The Morgan fingerprint density at radius 1 is 1.31 bits per heavy atom. The van der Waals surface area contributed by atoms with Gasteiger partial charge in [-0.2, -0.15) is 12.6 Å². The molecule has 16 heavy (non-hydrogen) atoms. The van der Waals surface area contributed by atoms with Crippen LogP contribution in [0.5, 0.6) is 0 Å². The van der Waals surface area contributed by atoms with Gasteiger partial charge in [-0.3, -0.25) is 4.79 Å². The fraction of sp³-hybridized carbons (Fsp3) is 0.308. The van der Waals surface area contributed by atoms with Gasteiger partial charge >= 0.3 is 0 Å². The minimum Gasteiger partial charge on any atom is -0.308 e. The molecule has 1 aromatic carbocycles. The van der Waals surface area contributed by atoms with Crippen LogP contribution in [0.3, 0.4) is 0 Å². The second kappa shape index (κ2) is 4.74. The Balaban J connectivity index is 2.77. The molecule has 0 saturated carbocycles. The molecular weight excluding hydrogens is 218 g/mol. The van der Waals surface area contributed by atoms with E-state index in [1.807, 2.05) is 41.8 Å². The van der Waals surface area contributed by atoms with Crippen molar-refractivity contribution in [3.63, 3.8) is 0 Å². The molecule has 0 aliphatic heterocycles. The van der Waals surface area contributed by atoms with Crippen molar-refractivity contribution < 1.29 is 0 Å². The Labute approximate surface area is 100 Å². The van der Waals surface area contributed by atoms with Crippen molar-refractivity contribution in [2.24, 2.45) is 0 Å². The average molecular weight is 233 g/mol. The molecule has 0 amide bonds. The maximum absolute atomic E-state index is 12.1. The molecule has 2 rings (SSSR count). The van der Waals surface area contributed by atoms with E-state index < -0.39 is 0 Å². The SMILES string of the molecule is CCn1c(=O)c(CCS)cc2ccccc21. The highest BCUT2D eigenvalue weighted by molar-refractivity contribution is 7.80. The number of pyridine rings is 1. The number of thiol groups is 1. The number of hydrogen-bond acceptors (Lipinski definition) is 2. The van der Waals surface area contributed by atoms with Gasteiger partial charge in [-0.1, -0.05) is 18.2 Å². The summed E-state index contributed by atoms with van der Waals surface area (Å²) in [5, 5.41) is 1.13. The van der Waals surface area contributed by atoms with Crippen molar-refractivity contribution >= 4 is 23.5 Å². The molecule has 0 radical (unpaired) electrons. The van der Waals surface area contributed by atoms with Crippen molar-refractivity contribution in [1.29, 1.82) is 0 Å². The van der Waals surface area contributed by atoms with Gasteiger partial charge < -0.3 is 4.57 Å². The molecule has 0 N–H and O–H groups in total. The van der Waals surface area contributed by atoms with Gasteiger partial charge in [0, 0.05) is 12.1 Å². The molecule has 3 heteroatoms. The lowest BCUT2D eigenvalue weighted by Crippen LogP contribution is -2.23. The summed E-state index contributed by atoms with van der Waals surface area (Å²) >= 11 is 4.19. The van der Waals surface area contributed by atoms with Gasteiger partial charge in [-0.05, 0) is 36.6 Å². The van der Waals surface area contributed by atoms with E-state index >= 15 is 0 Å². The molecular formula is C13H15NOS. The van der Waals surface area contributed by atoms with E-state index in [-0.39, 0.29) is 5.56 Å². The zero-order valence-corrected chi connectivity index (χ0v) is 10.2. The van der Waals surface area contributed by atoms with Gasteiger partial charge in [-0.25, -0.2) is 0 Å². The van der Waals surface area contributed by atoms with Crippen molar-refractivity contribution in [2.45, 2.75) is 19.9 Å². The number of aryl methyl sites for hydroxylation is 2. The summed E-state index contributed by atoms with van der Waals surface area (Å²) in [5.74, 6) is 0.706. The Kier molecular flexibility index (Phi) is 3.34. The quantitative estimate of drug-likeness (QED) is 0.808. The zero-order valence-electron chi connectivity index (χ0n) is 9.31. The third-order valence-corrected chi connectivity index (χ3v) is 3.00. The number of para-hydroxylation sites is 1. The topological polar surface area (TPSA) is 22.0 Å². The molecule has 0 unspecified atom stereocenters. The summed E-state index contributed by atoms with van der Waals surface area (Å²) in [6.07, 6.45) is 0.729. The predicted octanol–water partition coefficient (Wildman–Crippen LogP) is 2.49. The first kappa shape index (κ1) is 11.3. The van der Waals surface area contributed by atoms with Crippen LogP contribution in [-0.4, -0.2) is 10.3 Å². The van der Waals surface area contributed by atoms with Crippen LogP contribution in [0.4, 0.5) is 0 Å². The van der Waals surface area contributed by atoms with E-state index in [4.69, 9.17) is 0 Å². The van der Waals surface area contributed by atoms with Crippen LogP contribution in [0, 0.1) is 0 Å². The minimum atomic E-state index is 0.121. The number of nitrogens with zero attached hydrogens (tertiary/aromatic N) is 1. The zero-order chi connectivity index (χ0) is 11.5. The second-order valence-corrected chi connectivity index (χ2v) is 4.20. The standard InChI is InChI=1S/C13H15NOS/c1-2-14-12-6-4-3-5-10(12)9-11(7-8-16)13(14)15/h3-6,9,16H,2,7-8H2,1H3. The lowest BCUT2D eigenvalue weighted by Gasteiger charge is -2.10. The van der Waals surface area contributed by atoms with E-state index in [9.17, 15) is 4.79 Å². The third kappa shape index (κ3) is 1.87. The molecule has 84 valence electrons. The molecule has 0 bridgehead atoms. The van der Waals surface area contributed by atoms with Crippen molar-refractivity contribution in [1.82, 2.24) is 4.57 Å². The maximum Gasteiger partial charge on any atom is 0.254 e. The summed E-state index contributed by atoms with van der Waals surface area (Å²) in [6, 6.07) is 9.98. The summed E-state index contributed by atoms with van der Waals surface area (Å²) in [7, 11) is 0. The van der Waals surface area contributed by atoms with Gasteiger partial charge in [0.15, 0.2) is 0 Å². The number of aromatic nitrogens is 1. The Morgan fingerprint density at radius 3 is 2.75 bits per heavy atom. The molecule has 0 spiro atoms. The van der Waals surface area contributed by atoms with Crippen LogP contribution < -0.4 is 5.56 Å². The largest absolute Gasteiger partial charge is 0.308 e. The van der Waals surface area contributed by atoms with Crippen molar-refractivity contribution in [3.05, 3.63) is 46.2 Å². The van der Waals surface area contributed by atoms with Gasteiger partial charge in [0.05, 0.1) is 5.52 Å². The van der Waals surface area contributed by atoms with Crippen LogP contribution in [0.2, 0.25) is 0 Å². The van der Waals surface area contributed by atoms with Gasteiger partial charge in [0.2, 0.25) is 0 Å². The average Bonchev–Trinajstić information content (AvgIpc) is 2.31. The highest BCUT2D eigenvalue weighted by atomic mass is 32.1. The number of fused-ring (bicyclic) bond motifs is 1. The van der Waals surface area contributed by atoms with Crippen molar-refractivity contribution in [2.75, 3.05) is 5.75 Å². The first-order valence-corrected chi connectivity index (χ1v) is 6.13. The highest BCUT2D eigenvalue weighted by Gasteiger charge is 2.06. The van der Waals surface area contributed by atoms with Crippen LogP contribution in [0.1, 0.15) is 12.5 Å².